The van der Waals surface area contributed by atoms with Crippen LogP contribution in [0.5, 0.6) is 0 Å². The third-order valence-electron chi connectivity index (χ3n) is 5.63. The summed E-state index contributed by atoms with van der Waals surface area (Å²) in [5.74, 6) is -0.503. The number of pyridine rings is 1. The van der Waals surface area contributed by atoms with Crippen molar-refractivity contribution in [2.75, 3.05) is 0 Å². The smallest absolute Gasteiger partial charge is 0.167 e. The van der Waals surface area contributed by atoms with Gasteiger partial charge in [0.15, 0.2) is 11.4 Å². The van der Waals surface area contributed by atoms with Crippen LogP contribution in [0.3, 0.4) is 0 Å². The minimum Gasteiger partial charge on any atom is -0.356 e. The molecule has 4 aromatic rings. The van der Waals surface area contributed by atoms with Gasteiger partial charge in [-0.1, -0.05) is 41.6 Å². The van der Waals surface area contributed by atoms with E-state index in [1.54, 1.807) is 6.07 Å². The molecule has 0 amide bonds. The quantitative estimate of drug-likeness (QED) is 0.310. The molecule has 2 aromatic carbocycles. The molecule has 0 aliphatic heterocycles. The normalized spacial score (nSPS) is 13.9. The first kappa shape index (κ1) is 22.8. The maximum Gasteiger partial charge on any atom is 0.167 e. The van der Waals surface area contributed by atoms with E-state index in [0.29, 0.717) is 18.4 Å². The number of halogens is 2. The Morgan fingerprint density at radius 2 is 1.84 bits per heavy atom. The second kappa shape index (κ2) is 9.21. The number of hydrogen-bond acceptors (Lipinski definition) is 4. The first-order valence-corrected chi connectivity index (χ1v) is 12.2. The van der Waals surface area contributed by atoms with Crippen molar-refractivity contribution in [1.82, 2.24) is 10.1 Å². The van der Waals surface area contributed by atoms with Crippen molar-refractivity contribution < 1.29 is 13.1 Å². The first-order valence-electron chi connectivity index (χ1n) is 10.2. The summed E-state index contributed by atoms with van der Waals surface area (Å²) >= 11 is 3.17. The Labute approximate surface area is 196 Å². The summed E-state index contributed by atoms with van der Waals surface area (Å²) in [6.07, 6.45) is 1.06. The number of benzene rings is 2. The minimum absolute atomic E-state index is 0.0889. The van der Waals surface area contributed by atoms with Crippen LogP contribution in [0.1, 0.15) is 37.4 Å². The molecule has 4 rings (SSSR count). The number of aromatic nitrogens is 2. The number of nitrogens with zero attached hydrogens (tertiary/aromatic N) is 2. The van der Waals surface area contributed by atoms with Gasteiger partial charge < -0.3 is 4.52 Å². The van der Waals surface area contributed by atoms with Crippen LogP contribution in [0.15, 0.2) is 69.8 Å². The average Bonchev–Trinajstić information content (AvgIpc) is 3.19. The van der Waals surface area contributed by atoms with Gasteiger partial charge in [-0.3, -0.25) is 5.14 Å². The van der Waals surface area contributed by atoms with E-state index in [4.69, 9.17) is 9.66 Å². The summed E-state index contributed by atoms with van der Waals surface area (Å²) < 4.78 is 31.1. The zero-order valence-electron chi connectivity index (χ0n) is 17.7. The predicted octanol–water partition coefficient (Wildman–Crippen LogP) is 5.91. The molecular weight excluding hydrogens is 493 g/mol. The molecule has 0 aliphatic rings. The number of fused-ring (bicyclic) bond motifs is 1. The molecule has 32 heavy (non-hydrogen) atoms. The van der Waals surface area contributed by atoms with Crippen LogP contribution in [0.25, 0.3) is 22.2 Å². The molecule has 8 heteroatoms. The predicted molar refractivity (Wildman–Crippen MR) is 129 cm³/mol. The van der Waals surface area contributed by atoms with E-state index in [9.17, 15) is 8.60 Å². The summed E-state index contributed by atoms with van der Waals surface area (Å²) in [4.78, 5) is 4.36. The third kappa shape index (κ3) is 4.67. The molecule has 2 heterocycles. The molecule has 0 spiro atoms. The molecule has 5 nitrogen and oxygen atoms in total. The summed E-state index contributed by atoms with van der Waals surface area (Å²) in [6, 6.07) is 18.8. The van der Waals surface area contributed by atoms with Gasteiger partial charge in [0.1, 0.15) is 10.3 Å². The van der Waals surface area contributed by atoms with E-state index in [1.807, 2.05) is 62.4 Å². The van der Waals surface area contributed by atoms with Gasteiger partial charge in [0, 0.05) is 16.6 Å². The van der Waals surface area contributed by atoms with Crippen molar-refractivity contribution in [3.8, 4) is 11.3 Å². The summed E-state index contributed by atoms with van der Waals surface area (Å²) in [7, 11) is -1.53. The Morgan fingerprint density at radius 3 is 2.59 bits per heavy atom. The molecule has 166 valence electrons. The monoisotopic (exact) mass is 515 g/mol. The number of para-hydroxylation sites is 1. The standard InChI is InChI=1S/C24H23BrFN3O2S/c1-24(2,32(27)30)14-15(13-16-11-12-20(26)23(25)28-16)17-7-3-4-8-18(17)22-19-9-5-6-10-21(19)31-29-22/h3-12,15H,13-14,27H2,1-2H3/t15-,32?/m0/s1. The summed E-state index contributed by atoms with van der Waals surface area (Å²) in [5, 5.41) is 11.1. The average molecular weight is 516 g/mol. The Hall–Kier alpha value is -2.42. The van der Waals surface area contributed by atoms with Gasteiger partial charge in [0.2, 0.25) is 0 Å². The Balaban J connectivity index is 1.82. The molecular formula is C24H23BrFN3O2S. The zero-order chi connectivity index (χ0) is 22.9. The van der Waals surface area contributed by atoms with Crippen LogP contribution in [0, 0.1) is 5.82 Å². The van der Waals surface area contributed by atoms with Crippen LogP contribution < -0.4 is 5.14 Å². The molecule has 2 atom stereocenters. The fourth-order valence-electron chi connectivity index (χ4n) is 3.94. The van der Waals surface area contributed by atoms with Crippen molar-refractivity contribution in [3.05, 3.63) is 82.3 Å². The lowest BCUT2D eigenvalue weighted by atomic mass is 9.83. The van der Waals surface area contributed by atoms with Crippen LogP contribution in [-0.2, 0) is 17.4 Å². The second-order valence-electron chi connectivity index (χ2n) is 8.35. The van der Waals surface area contributed by atoms with E-state index < -0.39 is 21.5 Å². The van der Waals surface area contributed by atoms with Crippen LogP contribution in [-0.4, -0.2) is 19.1 Å². The summed E-state index contributed by atoms with van der Waals surface area (Å²) in [5.41, 5.74) is 4.14. The van der Waals surface area contributed by atoms with E-state index in [1.165, 1.54) is 6.07 Å². The lowest BCUT2D eigenvalue weighted by Gasteiger charge is -2.29. The zero-order valence-corrected chi connectivity index (χ0v) is 20.1. The van der Waals surface area contributed by atoms with Gasteiger partial charge in [-0.15, -0.1) is 0 Å². The SMILES string of the molecule is CC(C)(C[C@H](Cc1ccc(F)c(Br)n1)c1ccccc1-c1noc2ccccc12)S(N)=O. The number of rotatable bonds is 7. The van der Waals surface area contributed by atoms with Crippen LogP contribution >= 0.6 is 15.9 Å². The molecule has 1 unspecified atom stereocenters. The highest BCUT2D eigenvalue weighted by molar-refractivity contribution is 9.10. The van der Waals surface area contributed by atoms with Crippen molar-refractivity contribution in [2.24, 2.45) is 5.14 Å². The molecule has 2 aromatic heterocycles. The molecule has 0 radical (unpaired) electrons. The van der Waals surface area contributed by atoms with Gasteiger partial charge in [-0.25, -0.2) is 13.6 Å². The van der Waals surface area contributed by atoms with Gasteiger partial charge in [0.25, 0.3) is 0 Å². The van der Waals surface area contributed by atoms with Crippen molar-refractivity contribution in [3.63, 3.8) is 0 Å². The Bertz CT molecular complexity index is 1290. The minimum atomic E-state index is -1.53. The Morgan fingerprint density at radius 1 is 1.12 bits per heavy atom. The maximum absolute atomic E-state index is 13.7. The molecule has 0 saturated heterocycles. The molecule has 0 saturated carbocycles. The Kier molecular flexibility index (Phi) is 6.55. The lowest BCUT2D eigenvalue weighted by Crippen LogP contribution is -2.34. The van der Waals surface area contributed by atoms with Gasteiger partial charge >= 0.3 is 0 Å². The van der Waals surface area contributed by atoms with Gasteiger partial charge in [-0.05, 0) is 78.4 Å². The number of nitrogens with two attached hydrogens (primary N) is 1. The van der Waals surface area contributed by atoms with E-state index in [-0.39, 0.29) is 10.5 Å². The van der Waals surface area contributed by atoms with Crippen molar-refractivity contribution in [1.29, 1.82) is 0 Å². The first-order chi connectivity index (χ1) is 15.3. The highest BCUT2D eigenvalue weighted by Crippen LogP contribution is 2.39. The van der Waals surface area contributed by atoms with Gasteiger partial charge in [-0.2, -0.15) is 0 Å². The van der Waals surface area contributed by atoms with E-state index >= 15 is 0 Å². The van der Waals surface area contributed by atoms with Crippen LogP contribution in [0.2, 0.25) is 0 Å². The molecule has 0 bridgehead atoms. The van der Waals surface area contributed by atoms with Gasteiger partial charge in [0.05, 0.1) is 15.7 Å². The lowest BCUT2D eigenvalue weighted by molar-refractivity contribution is 0.459. The fourth-order valence-corrected chi connectivity index (χ4v) is 4.66. The maximum atomic E-state index is 13.7. The van der Waals surface area contributed by atoms with Crippen molar-refractivity contribution >= 4 is 37.9 Å². The second-order valence-corrected chi connectivity index (χ2v) is 10.8. The van der Waals surface area contributed by atoms with Crippen LogP contribution in [0.4, 0.5) is 4.39 Å². The fraction of sp³-hybridized carbons (Fsp3) is 0.250. The molecule has 0 fully saturated rings. The number of hydrogen-bond donors (Lipinski definition) is 1. The highest BCUT2D eigenvalue weighted by Gasteiger charge is 2.31. The molecule has 0 aliphatic carbocycles. The summed E-state index contributed by atoms with van der Waals surface area (Å²) in [6.45, 7) is 3.77. The topological polar surface area (TPSA) is 82.0 Å². The third-order valence-corrected chi connectivity index (χ3v) is 7.44. The highest BCUT2D eigenvalue weighted by atomic mass is 79.9. The van der Waals surface area contributed by atoms with E-state index in [2.05, 4.69) is 26.1 Å². The largest absolute Gasteiger partial charge is 0.356 e. The van der Waals surface area contributed by atoms with E-state index in [0.717, 1.165) is 27.9 Å². The van der Waals surface area contributed by atoms with Crippen molar-refractivity contribution in [2.45, 2.75) is 37.4 Å². The molecule has 2 N–H and O–H groups in total.